The van der Waals surface area contributed by atoms with Crippen LogP contribution in [0.25, 0.3) is 0 Å². The monoisotopic (exact) mass is 243 g/mol. The molecule has 6 heteroatoms. The Hall–Kier alpha value is 0.160. The topological polar surface area (TPSA) is 55.4 Å². The SMILES string of the molecule is COCCS(=O)(=O)NC(C)C(C)CCl. The van der Waals surface area contributed by atoms with Crippen LogP contribution < -0.4 is 4.72 Å². The molecule has 0 aromatic carbocycles. The Kier molecular flexibility index (Phi) is 6.68. The van der Waals surface area contributed by atoms with Crippen molar-refractivity contribution in [1.82, 2.24) is 4.72 Å². The lowest BCUT2D eigenvalue weighted by Gasteiger charge is -2.18. The molecule has 14 heavy (non-hydrogen) atoms. The summed E-state index contributed by atoms with van der Waals surface area (Å²) in [6.45, 7) is 3.91. The standard InChI is InChI=1S/C8H18ClNO3S/c1-7(6-9)8(2)10-14(11,12)5-4-13-3/h7-8,10H,4-6H2,1-3H3. The van der Waals surface area contributed by atoms with E-state index in [2.05, 4.69) is 4.72 Å². The zero-order chi connectivity index (χ0) is 11.2. The van der Waals surface area contributed by atoms with Crippen LogP contribution in [0.5, 0.6) is 0 Å². The lowest BCUT2D eigenvalue weighted by molar-refractivity contribution is 0.216. The summed E-state index contributed by atoms with van der Waals surface area (Å²) >= 11 is 5.62. The van der Waals surface area contributed by atoms with Gasteiger partial charge in [-0.05, 0) is 12.8 Å². The predicted molar refractivity (Wildman–Crippen MR) is 58.1 cm³/mol. The van der Waals surface area contributed by atoms with Crippen LogP contribution in [-0.2, 0) is 14.8 Å². The van der Waals surface area contributed by atoms with Gasteiger partial charge in [0.1, 0.15) is 0 Å². The van der Waals surface area contributed by atoms with E-state index in [4.69, 9.17) is 16.3 Å². The largest absolute Gasteiger partial charge is 0.384 e. The van der Waals surface area contributed by atoms with E-state index < -0.39 is 10.0 Å². The smallest absolute Gasteiger partial charge is 0.214 e. The van der Waals surface area contributed by atoms with Crippen LogP contribution in [0, 0.1) is 5.92 Å². The van der Waals surface area contributed by atoms with E-state index in [1.54, 1.807) is 6.92 Å². The Balaban J connectivity index is 4.08. The first kappa shape index (κ1) is 14.2. The molecule has 86 valence electrons. The first-order valence-electron chi connectivity index (χ1n) is 4.48. The van der Waals surface area contributed by atoms with Gasteiger partial charge in [-0.25, -0.2) is 13.1 Å². The van der Waals surface area contributed by atoms with E-state index in [0.717, 1.165) is 0 Å². The molecule has 4 nitrogen and oxygen atoms in total. The summed E-state index contributed by atoms with van der Waals surface area (Å²) in [4.78, 5) is 0. The Bertz CT molecular complexity index is 243. The maximum Gasteiger partial charge on any atom is 0.214 e. The van der Waals surface area contributed by atoms with Crippen molar-refractivity contribution in [3.05, 3.63) is 0 Å². The Morgan fingerprint density at radius 2 is 2.00 bits per heavy atom. The van der Waals surface area contributed by atoms with Gasteiger partial charge in [-0.15, -0.1) is 11.6 Å². The summed E-state index contributed by atoms with van der Waals surface area (Å²) in [6.07, 6.45) is 0. The molecule has 0 aliphatic carbocycles. The lowest BCUT2D eigenvalue weighted by atomic mass is 10.1. The van der Waals surface area contributed by atoms with Crippen LogP contribution in [0.4, 0.5) is 0 Å². The number of alkyl halides is 1. The highest BCUT2D eigenvalue weighted by Gasteiger charge is 2.18. The summed E-state index contributed by atoms with van der Waals surface area (Å²) in [5, 5.41) is 0. The number of hydrogen-bond donors (Lipinski definition) is 1. The molecule has 2 unspecified atom stereocenters. The quantitative estimate of drug-likeness (QED) is 0.674. The fourth-order valence-corrected chi connectivity index (χ4v) is 2.35. The van der Waals surface area contributed by atoms with Crippen molar-refractivity contribution in [2.75, 3.05) is 25.3 Å². The molecule has 0 rings (SSSR count). The molecule has 0 amide bonds. The molecule has 2 atom stereocenters. The minimum atomic E-state index is -3.23. The van der Waals surface area contributed by atoms with Crippen LogP contribution in [0.15, 0.2) is 0 Å². The van der Waals surface area contributed by atoms with Gasteiger partial charge < -0.3 is 4.74 Å². The predicted octanol–water partition coefficient (Wildman–Crippen LogP) is 0.816. The van der Waals surface area contributed by atoms with Crippen LogP contribution in [0.1, 0.15) is 13.8 Å². The van der Waals surface area contributed by atoms with Gasteiger partial charge in [-0.3, -0.25) is 0 Å². The third-order valence-corrected chi connectivity index (χ3v) is 3.94. The molecule has 0 saturated carbocycles. The Morgan fingerprint density at radius 1 is 1.43 bits per heavy atom. The van der Waals surface area contributed by atoms with Gasteiger partial charge in [0.05, 0.1) is 12.4 Å². The van der Waals surface area contributed by atoms with Crippen molar-refractivity contribution in [2.24, 2.45) is 5.92 Å². The van der Waals surface area contributed by atoms with Crippen LogP contribution in [0.3, 0.4) is 0 Å². The van der Waals surface area contributed by atoms with E-state index in [-0.39, 0.29) is 24.3 Å². The first-order valence-corrected chi connectivity index (χ1v) is 6.66. The van der Waals surface area contributed by atoms with Gasteiger partial charge >= 0.3 is 0 Å². The zero-order valence-corrected chi connectivity index (χ0v) is 10.4. The minimum Gasteiger partial charge on any atom is -0.384 e. The number of sulfonamides is 1. The highest BCUT2D eigenvalue weighted by molar-refractivity contribution is 7.89. The number of ether oxygens (including phenoxy) is 1. The third-order valence-electron chi connectivity index (χ3n) is 2.02. The molecule has 0 aromatic heterocycles. The second-order valence-electron chi connectivity index (χ2n) is 3.35. The molecule has 1 N–H and O–H groups in total. The summed E-state index contributed by atoms with van der Waals surface area (Å²) in [5.41, 5.74) is 0. The van der Waals surface area contributed by atoms with Crippen LogP contribution >= 0.6 is 11.6 Å². The van der Waals surface area contributed by atoms with E-state index in [1.807, 2.05) is 6.92 Å². The Morgan fingerprint density at radius 3 is 2.43 bits per heavy atom. The van der Waals surface area contributed by atoms with E-state index >= 15 is 0 Å². The molecule has 0 aliphatic rings. The van der Waals surface area contributed by atoms with Crippen molar-refractivity contribution >= 4 is 21.6 Å². The van der Waals surface area contributed by atoms with Gasteiger partial charge in [-0.1, -0.05) is 6.92 Å². The summed E-state index contributed by atoms with van der Waals surface area (Å²) < 4.78 is 30.0. The molecule has 0 fully saturated rings. The molecular formula is C8H18ClNO3S. The second kappa shape index (κ2) is 6.61. The van der Waals surface area contributed by atoms with Crippen molar-refractivity contribution in [1.29, 1.82) is 0 Å². The molecule has 0 aromatic rings. The number of rotatable bonds is 7. The fraction of sp³-hybridized carbons (Fsp3) is 1.00. The van der Waals surface area contributed by atoms with E-state index in [1.165, 1.54) is 7.11 Å². The molecule has 0 heterocycles. The molecular weight excluding hydrogens is 226 g/mol. The first-order chi connectivity index (χ1) is 6.43. The molecule has 0 bridgehead atoms. The van der Waals surface area contributed by atoms with Crippen molar-refractivity contribution in [2.45, 2.75) is 19.9 Å². The number of methoxy groups -OCH3 is 1. The molecule has 0 aliphatic heterocycles. The highest BCUT2D eigenvalue weighted by Crippen LogP contribution is 2.05. The summed E-state index contributed by atoms with van der Waals surface area (Å²) in [6, 6.07) is -0.144. The zero-order valence-electron chi connectivity index (χ0n) is 8.79. The van der Waals surface area contributed by atoms with Crippen molar-refractivity contribution in [3.8, 4) is 0 Å². The van der Waals surface area contributed by atoms with Crippen molar-refractivity contribution < 1.29 is 13.2 Å². The number of nitrogens with one attached hydrogen (secondary N) is 1. The highest BCUT2D eigenvalue weighted by atomic mass is 35.5. The van der Waals surface area contributed by atoms with Gasteiger partial charge in [-0.2, -0.15) is 0 Å². The molecule has 0 saturated heterocycles. The van der Waals surface area contributed by atoms with Crippen LogP contribution in [0.2, 0.25) is 0 Å². The van der Waals surface area contributed by atoms with Crippen molar-refractivity contribution in [3.63, 3.8) is 0 Å². The van der Waals surface area contributed by atoms with Gasteiger partial charge in [0.2, 0.25) is 10.0 Å². The van der Waals surface area contributed by atoms with Crippen LogP contribution in [-0.4, -0.2) is 39.8 Å². The Labute approximate surface area is 91.0 Å². The van der Waals surface area contributed by atoms with Gasteiger partial charge in [0.15, 0.2) is 0 Å². The van der Waals surface area contributed by atoms with E-state index in [0.29, 0.717) is 5.88 Å². The fourth-order valence-electron chi connectivity index (χ4n) is 0.785. The lowest BCUT2D eigenvalue weighted by Crippen LogP contribution is -2.39. The minimum absolute atomic E-state index is 0.0111. The number of halogens is 1. The summed E-state index contributed by atoms with van der Waals surface area (Å²) in [5.74, 6) is 0.547. The maximum absolute atomic E-state index is 11.4. The average molecular weight is 244 g/mol. The average Bonchev–Trinajstić information content (AvgIpc) is 2.12. The van der Waals surface area contributed by atoms with Gasteiger partial charge in [0.25, 0.3) is 0 Å². The number of hydrogen-bond acceptors (Lipinski definition) is 3. The maximum atomic E-state index is 11.4. The normalized spacial score (nSPS) is 16.6. The second-order valence-corrected chi connectivity index (χ2v) is 5.53. The van der Waals surface area contributed by atoms with Gasteiger partial charge in [0, 0.05) is 19.0 Å². The molecule has 0 spiro atoms. The summed E-state index contributed by atoms with van der Waals surface area (Å²) in [7, 11) is -1.76. The third kappa shape index (κ3) is 5.80. The molecule has 0 radical (unpaired) electrons. The van der Waals surface area contributed by atoms with E-state index in [9.17, 15) is 8.42 Å².